The zero-order valence-electron chi connectivity index (χ0n) is 12.9. The highest BCUT2D eigenvalue weighted by Gasteiger charge is 2.48. The number of rotatable bonds is 3. The van der Waals surface area contributed by atoms with Gasteiger partial charge in [0.25, 0.3) is 0 Å². The monoisotopic (exact) mass is 256 g/mol. The fraction of sp³-hybridized carbons (Fsp3) is 1.00. The molecule has 0 aromatic heterocycles. The maximum absolute atomic E-state index is 4.93. The third kappa shape index (κ3) is 3.91. The Kier molecular flexibility index (Phi) is 4.67. The highest BCUT2D eigenvalue weighted by molar-refractivity contribution is 7.81. The first-order valence-corrected chi connectivity index (χ1v) is 7.75. The molecule has 1 aliphatic carbocycles. The molecule has 17 heavy (non-hydrogen) atoms. The van der Waals surface area contributed by atoms with Crippen molar-refractivity contribution in [3.63, 3.8) is 0 Å². The van der Waals surface area contributed by atoms with Crippen molar-refractivity contribution < 1.29 is 0 Å². The average Bonchev–Trinajstić information content (AvgIpc) is 2.26. The van der Waals surface area contributed by atoms with Crippen LogP contribution >= 0.6 is 12.6 Å². The lowest BCUT2D eigenvalue weighted by Gasteiger charge is -2.38. The molecule has 1 saturated carbocycles. The molecule has 102 valence electrons. The summed E-state index contributed by atoms with van der Waals surface area (Å²) in [7, 11) is 0. The van der Waals surface area contributed by atoms with E-state index >= 15 is 0 Å². The van der Waals surface area contributed by atoms with Crippen LogP contribution < -0.4 is 0 Å². The van der Waals surface area contributed by atoms with Crippen molar-refractivity contribution >= 4 is 12.6 Å². The van der Waals surface area contributed by atoms with Crippen molar-refractivity contribution in [3.05, 3.63) is 0 Å². The minimum Gasteiger partial charge on any atom is -0.175 e. The zero-order chi connectivity index (χ0) is 13.4. The molecule has 0 aromatic rings. The van der Waals surface area contributed by atoms with Gasteiger partial charge in [0.05, 0.1) is 0 Å². The van der Waals surface area contributed by atoms with E-state index in [1.807, 2.05) is 0 Å². The quantitative estimate of drug-likeness (QED) is 0.640. The van der Waals surface area contributed by atoms with E-state index in [1.54, 1.807) is 0 Å². The second-order valence-corrected chi connectivity index (χ2v) is 8.89. The van der Waals surface area contributed by atoms with Crippen molar-refractivity contribution in [2.24, 2.45) is 28.6 Å². The Morgan fingerprint density at radius 2 is 1.82 bits per heavy atom. The lowest BCUT2D eigenvalue weighted by atomic mass is 9.68. The molecule has 0 aliphatic heterocycles. The molecule has 0 amide bonds. The van der Waals surface area contributed by atoms with Gasteiger partial charge in [-0.1, -0.05) is 48.5 Å². The van der Waals surface area contributed by atoms with Gasteiger partial charge in [-0.05, 0) is 47.8 Å². The normalized spacial score (nSPS) is 39.0. The third-order valence-electron chi connectivity index (χ3n) is 4.39. The summed E-state index contributed by atoms with van der Waals surface area (Å²) in [5, 5.41) is 0.595. The number of thiol groups is 1. The molecular formula is C16H32S. The Bertz CT molecular complexity index is 247. The maximum Gasteiger partial charge on any atom is 0.00763 e. The topological polar surface area (TPSA) is 0 Å². The van der Waals surface area contributed by atoms with Crippen LogP contribution in [0, 0.1) is 28.6 Å². The second-order valence-electron chi connectivity index (χ2n) is 8.30. The molecule has 1 fully saturated rings. The van der Waals surface area contributed by atoms with Crippen molar-refractivity contribution in [2.75, 3.05) is 0 Å². The van der Waals surface area contributed by atoms with E-state index < -0.39 is 0 Å². The van der Waals surface area contributed by atoms with Gasteiger partial charge < -0.3 is 0 Å². The SMILES string of the molecule is CC(C)CC1(C)CC(C)C(S)C1CC(C)(C)C. The lowest BCUT2D eigenvalue weighted by Crippen LogP contribution is -2.31. The predicted octanol–water partition coefficient (Wildman–Crippen LogP) is 5.43. The van der Waals surface area contributed by atoms with Gasteiger partial charge in [-0.3, -0.25) is 0 Å². The van der Waals surface area contributed by atoms with Crippen LogP contribution in [-0.4, -0.2) is 5.25 Å². The second kappa shape index (κ2) is 5.15. The van der Waals surface area contributed by atoms with Crippen molar-refractivity contribution in [3.8, 4) is 0 Å². The van der Waals surface area contributed by atoms with Crippen LogP contribution in [0.4, 0.5) is 0 Å². The standard InChI is InChI=1S/C16H32S/c1-11(2)8-16(7)9-12(3)14(17)13(16)10-15(4,5)6/h11-14,17H,8-10H2,1-7H3. The van der Waals surface area contributed by atoms with Gasteiger partial charge in [0, 0.05) is 5.25 Å². The Hall–Kier alpha value is 0.350. The Morgan fingerprint density at radius 1 is 1.29 bits per heavy atom. The minimum atomic E-state index is 0.425. The van der Waals surface area contributed by atoms with Crippen LogP contribution in [0.1, 0.15) is 67.7 Å². The van der Waals surface area contributed by atoms with Crippen LogP contribution in [0.15, 0.2) is 0 Å². The van der Waals surface area contributed by atoms with E-state index in [0.717, 1.165) is 17.8 Å². The Morgan fingerprint density at radius 3 is 2.24 bits per heavy atom. The van der Waals surface area contributed by atoms with Gasteiger partial charge in [0.2, 0.25) is 0 Å². The van der Waals surface area contributed by atoms with Gasteiger partial charge in [-0.2, -0.15) is 12.6 Å². The maximum atomic E-state index is 4.93. The van der Waals surface area contributed by atoms with Crippen LogP contribution in [0.3, 0.4) is 0 Å². The van der Waals surface area contributed by atoms with E-state index in [-0.39, 0.29) is 0 Å². The van der Waals surface area contributed by atoms with Crippen molar-refractivity contribution in [1.82, 2.24) is 0 Å². The molecule has 1 heteroatoms. The highest BCUT2D eigenvalue weighted by atomic mass is 32.1. The van der Waals surface area contributed by atoms with Gasteiger partial charge >= 0.3 is 0 Å². The first kappa shape index (κ1) is 15.4. The van der Waals surface area contributed by atoms with Crippen LogP contribution in [0.25, 0.3) is 0 Å². The van der Waals surface area contributed by atoms with E-state index in [0.29, 0.717) is 16.1 Å². The van der Waals surface area contributed by atoms with Crippen molar-refractivity contribution in [2.45, 2.75) is 73.0 Å². The Balaban J connectivity index is 2.87. The predicted molar refractivity (Wildman–Crippen MR) is 81.7 cm³/mol. The first-order valence-electron chi connectivity index (χ1n) is 7.23. The van der Waals surface area contributed by atoms with Crippen LogP contribution in [0.2, 0.25) is 0 Å². The summed E-state index contributed by atoms with van der Waals surface area (Å²) in [4.78, 5) is 0. The molecule has 0 spiro atoms. The van der Waals surface area contributed by atoms with E-state index in [2.05, 4.69) is 48.5 Å². The molecule has 4 atom stereocenters. The Labute approximate surface area is 114 Å². The van der Waals surface area contributed by atoms with E-state index in [4.69, 9.17) is 12.6 Å². The van der Waals surface area contributed by atoms with Crippen LogP contribution in [0.5, 0.6) is 0 Å². The summed E-state index contributed by atoms with van der Waals surface area (Å²) < 4.78 is 0. The summed E-state index contributed by atoms with van der Waals surface area (Å²) in [5.41, 5.74) is 0.932. The smallest absolute Gasteiger partial charge is 0.00763 e. The number of hydrogen-bond acceptors (Lipinski definition) is 1. The largest absolute Gasteiger partial charge is 0.175 e. The number of hydrogen-bond donors (Lipinski definition) is 1. The van der Waals surface area contributed by atoms with Crippen LogP contribution in [-0.2, 0) is 0 Å². The summed E-state index contributed by atoms with van der Waals surface area (Å²) >= 11 is 4.93. The van der Waals surface area contributed by atoms with Gasteiger partial charge in [-0.15, -0.1) is 0 Å². The fourth-order valence-corrected chi connectivity index (χ4v) is 4.58. The van der Waals surface area contributed by atoms with E-state index in [1.165, 1.54) is 19.3 Å². The molecule has 0 heterocycles. The minimum absolute atomic E-state index is 0.425. The molecule has 0 aromatic carbocycles. The van der Waals surface area contributed by atoms with Gasteiger partial charge in [0.15, 0.2) is 0 Å². The summed E-state index contributed by atoms with van der Waals surface area (Å²) in [6.07, 6.45) is 4.03. The summed E-state index contributed by atoms with van der Waals surface area (Å²) in [6, 6.07) is 0. The zero-order valence-corrected chi connectivity index (χ0v) is 13.8. The molecule has 4 unspecified atom stereocenters. The molecule has 0 bridgehead atoms. The molecular weight excluding hydrogens is 224 g/mol. The molecule has 1 aliphatic rings. The van der Waals surface area contributed by atoms with Gasteiger partial charge in [-0.25, -0.2) is 0 Å². The molecule has 0 radical (unpaired) electrons. The van der Waals surface area contributed by atoms with Crippen molar-refractivity contribution in [1.29, 1.82) is 0 Å². The summed E-state index contributed by atoms with van der Waals surface area (Å²) in [5.74, 6) is 2.35. The molecule has 0 N–H and O–H groups in total. The molecule has 1 rings (SSSR count). The first-order chi connectivity index (χ1) is 7.55. The fourth-order valence-electron chi connectivity index (χ4n) is 4.01. The lowest BCUT2D eigenvalue weighted by molar-refractivity contribution is 0.137. The molecule has 0 saturated heterocycles. The summed E-state index contributed by atoms with van der Waals surface area (Å²) in [6.45, 7) is 16.7. The van der Waals surface area contributed by atoms with Gasteiger partial charge in [0.1, 0.15) is 0 Å². The van der Waals surface area contributed by atoms with E-state index in [9.17, 15) is 0 Å². The third-order valence-corrected chi connectivity index (χ3v) is 5.25. The molecule has 0 nitrogen and oxygen atoms in total. The average molecular weight is 256 g/mol. The highest BCUT2D eigenvalue weighted by Crippen LogP contribution is 2.55.